The van der Waals surface area contributed by atoms with Gasteiger partial charge in [-0.15, -0.1) is 0 Å². The molecule has 1 atom stereocenters. The van der Waals surface area contributed by atoms with E-state index in [9.17, 15) is 4.79 Å². The number of methoxy groups -OCH3 is 1. The van der Waals surface area contributed by atoms with E-state index in [0.29, 0.717) is 12.3 Å². The van der Waals surface area contributed by atoms with Crippen LogP contribution in [-0.2, 0) is 11.2 Å². The number of benzene rings is 1. The predicted octanol–water partition coefficient (Wildman–Crippen LogP) is 3.10. The minimum Gasteiger partial charge on any atom is -0.497 e. The lowest BCUT2D eigenvalue weighted by atomic mass is 9.91. The molecule has 1 aliphatic heterocycles. The molecule has 138 valence electrons. The molecule has 1 aromatic carbocycles. The fourth-order valence-corrected chi connectivity index (χ4v) is 3.44. The van der Waals surface area contributed by atoms with Crippen molar-refractivity contribution in [2.24, 2.45) is 0 Å². The summed E-state index contributed by atoms with van der Waals surface area (Å²) in [5, 5.41) is 0. The summed E-state index contributed by atoms with van der Waals surface area (Å²) >= 11 is 0. The molecule has 26 heavy (non-hydrogen) atoms. The Bertz CT molecular complexity index is 743. The Morgan fingerprint density at radius 1 is 1.27 bits per heavy atom. The Kier molecular flexibility index (Phi) is 5.76. The average molecular weight is 353 g/mol. The summed E-state index contributed by atoms with van der Waals surface area (Å²) in [5.74, 6) is 2.35. The first kappa shape index (κ1) is 18.2. The zero-order valence-corrected chi connectivity index (χ0v) is 15.8. The molecule has 1 aromatic heterocycles. The van der Waals surface area contributed by atoms with E-state index >= 15 is 0 Å². The molecule has 2 heterocycles. The Hall–Kier alpha value is -2.56. The molecule has 3 rings (SSSR count). The number of anilines is 1. The largest absolute Gasteiger partial charge is 0.497 e. The van der Waals surface area contributed by atoms with Crippen LogP contribution in [-0.4, -0.2) is 50.1 Å². The van der Waals surface area contributed by atoms with E-state index in [2.05, 4.69) is 17.1 Å². The first-order chi connectivity index (χ1) is 12.6. The first-order valence-corrected chi connectivity index (χ1v) is 9.11. The van der Waals surface area contributed by atoms with Gasteiger partial charge in [-0.1, -0.05) is 12.1 Å². The van der Waals surface area contributed by atoms with Crippen molar-refractivity contribution in [1.29, 1.82) is 0 Å². The molecule has 0 radical (unpaired) electrons. The number of rotatable bonds is 5. The van der Waals surface area contributed by atoms with Crippen LogP contribution in [0.5, 0.6) is 5.75 Å². The topological polar surface area (TPSA) is 45.7 Å². The van der Waals surface area contributed by atoms with Gasteiger partial charge in [-0.3, -0.25) is 4.79 Å². The molecule has 0 aliphatic carbocycles. The molecule has 0 saturated carbocycles. The van der Waals surface area contributed by atoms with E-state index in [4.69, 9.17) is 4.74 Å². The van der Waals surface area contributed by atoms with Crippen LogP contribution < -0.4 is 9.64 Å². The van der Waals surface area contributed by atoms with Crippen LogP contribution in [0.4, 0.5) is 5.82 Å². The molecular formula is C21H27N3O2. The van der Waals surface area contributed by atoms with E-state index in [0.717, 1.165) is 43.1 Å². The highest BCUT2D eigenvalue weighted by Crippen LogP contribution is 2.28. The molecule has 0 bridgehead atoms. The Morgan fingerprint density at radius 3 is 2.73 bits per heavy atom. The van der Waals surface area contributed by atoms with Crippen LogP contribution in [0.15, 0.2) is 42.6 Å². The zero-order valence-electron chi connectivity index (χ0n) is 15.8. The Morgan fingerprint density at radius 2 is 2.04 bits per heavy atom. The zero-order chi connectivity index (χ0) is 18.5. The number of nitrogens with zero attached hydrogens (tertiary/aromatic N) is 3. The lowest BCUT2D eigenvalue weighted by Gasteiger charge is -2.33. The van der Waals surface area contributed by atoms with E-state index in [1.807, 2.05) is 54.4 Å². The van der Waals surface area contributed by atoms with Crippen molar-refractivity contribution in [1.82, 2.24) is 9.88 Å². The molecule has 1 unspecified atom stereocenters. The number of pyridine rings is 1. The summed E-state index contributed by atoms with van der Waals surface area (Å²) in [6, 6.07) is 12.0. The van der Waals surface area contributed by atoms with Crippen molar-refractivity contribution >= 4 is 11.7 Å². The van der Waals surface area contributed by atoms with Gasteiger partial charge in [-0.25, -0.2) is 4.98 Å². The number of piperidine rings is 1. The van der Waals surface area contributed by atoms with Gasteiger partial charge >= 0.3 is 0 Å². The summed E-state index contributed by atoms with van der Waals surface area (Å²) in [5.41, 5.74) is 2.29. The number of aromatic nitrogens is 1. The maximum atomic E-state index is 12.7. The number of hydrogen-bond donors (Lipinski definition) is 0. The Balaban J connectivity index is 1.65. The summed E-state index contributed by atoms with van der Waals surface area (Å²) < 4.78 is 5.18. The summed E-state index contributed by atoms with van der Waals surface area (Å²) in [6.07, 6.45) is 4.46. The second kappa shape index (κ2) is 8.21. The highest BCUT2D eigenvalue weighted by molar-refractivity contribution is 5.79. The fraction of sp³-hybridized carbons (Fsp3) is 0.429. The predicted molar refractivity (Wildman–Crippen MR) is 104 cm³/mol. The van der Waals surface area contributed by atoms with Gasteiger partial charge < -0.3 is 14.5 Å². The van der Waals surface area contributed by atoms with E-state index in [-0.39, 0.29) is 5.91 Å². The lowest BCUT2D eigenvalue weighted by molar-refractivity contribution is -0.131. The summed E-state index contributed by atoms with van der Waals surface area (Å²) in [6.45, 7) is 1.63. The van der Waals surface area contributed by atoms with Crippen LogP contribution in [0, 0.1) is 0 Å². The fourth-order valence-electron chi connectivity index (χ4n) is 3.44. The number of likely N-dealkylation sites (tertiary alicyclic amines) is 1. The quantitative estimate of drug-likeness (QED) is 0.829. The minimum absolute atomic E-state index is 0.196. The maximum absolute atomic E-state index is 12.7. The maximum Gasteiger partial charge on any atom is 0.227 e. The van der Waals surface area contributed by atoms with Crippen LogP contribution in [0.2, 0.25) is 0 Å². The third-order valence-corrected chi connectivity index (χ3v) is 4.99. The van der Waals surface area contributed by atoms with Crippen LogP contribution >= 0.6 is 0 Å². The van der Waals surface area contributed by atoms with Crippen LogP contribution in [0.1, 0.15) is 29.9 Å². The molecule has 1 amide bonds. The number of ether oxygens (including phenoxy) is 1. The number of carbonyl (C=O) groups excluding carboxylic acids is 1. The molecule has 1 fully saturated rings. The minimum atomic E-state index is 0.196. The van der Waals surface area contributed by atoms with Gasteiger partial charge in [0.15, 0.2) is 0 Å². The van der Waals surface area contributed by atoms with Gasteiger partial charge in [0.25, 0.3) is 0 Å². The molecule has 0 N–H and O–H groups in total. The standard InChI is InChI=1S/C21H27N3O2/c1-23(2)20-14-17(10-11-22-20)18-5-4-12-24(15-18)21(25)13-16-6-8-19(26-3)9-7-16/h6-11,14,18H,4-5,12-13,15H2,1-3H3. The van der Waals surface area contributed by atoms with Gasteiger partial charge in [0.05, 0.1) is 13.5 Å². The highest BCUT2D eigenvalue weighted by Gasteiger charge is 2.25. The van der Waals surface area contributed by atoms with Gasteiger partial charge in [0.2, 0.25) is 5.91 Å². The van der Waals surface area contributed by atoms with E-state index in [1.165, 1.54) is 5.56 Å². The smallest absolute Gasteiger partial charge is 0.227 e. The third-order valence-electron chi connectivity index (χ3n) is 4.99. The summed E-state index contributed by atoms with van der Waals surface area (Å²) in [7, 11) is 5.64. The number of hydrogen-bond acceptors (Lipinski definition) is 4. The second-order valence-corrected chi connectivity index (χ2v) is 7.05. The van der Waals surface area contributed by atoms with Gasteiger partial charge in [-0.2, -0.15) is 0 Å². The normalized spacial score (nSPS) is 17.0. The monoisotopic (exact) mass is 353 g/mol. The molecule has 1 saturated heterocycles. The van der Waals surface area contributed by atoms with E-state index < -0.39 is 0 Å². The van der Waals surface area contributed by atoms with Crippen molar-refractivity contribution < 1.29 is 9.53 Å². The highest BCUT2D eigenvalue weighted by atomic mass is 16.5. The van der Waals surface area contributed by atoms with Crippen molar-refractivity contribution in [3.05, 3.63) is 53.7 Å². The molecule has 0 spiro atoms. The van der Waals surface area contributed by atoms with Crippen LogP contribution in [0.3, 0.4) is 0 Å². The average Bonchev–Trinajstić information content (AvgIpc) is 2.68. The van der Waals surface area contributed by atoms with E-state index in [1.54, 1.807) is 7.11 Å². The molecule has 2 aromatic rings. The molecule has 1 aliphatic rings. The first-order valence-electron chi connectivity index (χ1n) is 9.11. The van der Waals surface area contributed by atoms with Crippen molar-refractivity contribution in [2.75, 3.05) is 39.2 Å². The van der Waals surface area contributed by atoms with Crippen molar-refractivity contribution in [3.63, 3.8) is 0 Å². The lowest BCUT2D eigenvalue weighted by Crippen LogP contribution is -2.40. The molecule has 5 nitrogen and oxygen atoms in total. The van der Waals surface area contributed by atoms with Gasteiger partial charge in [0.1, 0.15) is 11.6 Å². The van der Waals surface area contributed by atoms with Gasteiger partial charge in [-0.05, 0) is 48.2 Å². The Labute approximate surface area is 155 Å². The van der Waals surface area contributed by atoms with Crippen LogP contribution in [0.25, 0.3) is 0 Å². The molecule has 5 heteroatoms. The number of carbonyl (C=O) groups is 1. The van der Waals surface area contributed by atoms with Gasteiger partial charge in [0, 0.05) is 39.3 Å². The SMILES string of the molecule is COc1ccc(CC(=O)N2CCCC(c3ccnc(N(C)C)c3)C2)cc1. The number of amides is 1. The second-order valence-electron chi connectivity index (χ2n) is 7.05. The third kappa shape index (κ3) is 4.34. The van der Waals surface area contributed by atoms with Crippen molar-refractivity contribution in [3.8, 4) is 5.75 Å². The summed E-state index contributed by atoms with van der Waals surface area (Å²) in [4.78, 5) is 21.2. The molecular weight excluding hydrogens is 326 g/mol. The van der Waals surface area contributed by atoms with Crippen molar-refractivity contribution in [2.45, 2.75) is 25.2 Å².